The summed E-state index contributed by atoms with van der Waals surface area (Å²) >= 11 is 1.60. The summed E-state index contributed by atoms with van der Waals surface area (Å²) in [5.41, 5.74) is 2.20. The number of aromatic nitrogens is 3. The maximum absolute atomic E-state index is 10.7. The largest absolute Gasteiger partial charge is 0.481 e. The molecule has 3 aromatic heterocycles. The van der Waals surface area contributed by atoms with Gasteiger partial charge in [-0.25, -0.2) is 9.97 Å². The molecule has 0 aliphatic heterocycles. The van der Waals surface area contributed by atoms with Gasteiger partial charge in [0.1, 0.15) is 12.0 Å². The number of thiophene rings is 1. The van der Waals surface area contributed by atoms with Crippen LogP contribution in [0.15, 0.2) is 36.2 Å². The molecule has 0 radical (unpaired) electrons. The molecule has 0 saturated heterocycles. The number of carboxylic acids is 1. The molecule has 0 aliphatic carbocycles. The van der Waals surface area contributed by atoms with Crippen LogP contribution in [0, 0.1) is 0 Å². The number of carboxylic acid groups (broad SMARTS) is 1. The minimum atomic E-state index is -0.885. The minimum Gasteiger partial charge on any atom is -0.481 e. The van der Waals surface area contributed by atoms with Crippen LogP contribution < -0.4 is 0 Å². The Bertz CT molecular complexity index is 703. The molecule has 1 N–H and O–H groups in total. The molecule has 90 valence electrons. The molecule has 3 aromatic rings. The zero-order valence-electron chi connectivity index (χ0n) is 9.28. The summed E-state index contributed by atoms with van der Waals surface area (Å²) in [4.78, 5) is 20.3. The lowest BCUT2D eigenvalue weighted by Crippen LogP contribution is -1.99. The molecule has 3 heterocycles. The van der Waals surface area contributed by atoms with Crippen molar-refractivity contribution in [3.05, 3.63) is 41.9 Å². The average molecular weight is 259 g/mol. The minimum absolute atomic E-state index is 0.0778. The van der Waals surface area contributed by atoms with Crippen LogP contribution in [0.3, 0.4) is 0 Å². The predicted octanol–water partition coefficient (Wildman–Crippen LogP) is 2.08. The number of aliphatic carboxylic acids is 1. The van der Waals surface area contributed by atoms with E-state index in [2.05, 4.69) is 9.97 Å². The lowest BCUT2D eigenvalue weighted by molar-refractivity contribution is -0.136. The Morgan fingerprint density at radius 2 is 2.39 bits per heavy atom. The van der Waals surface area contributed by atoms with Gasteiger partial charge in [-0.1, -0.05) is 6.07 Å². The van der Waals surface area contributed by atoms with Crippen LogP contribution in [0.2, 0.25) is 0 Å². The van der Waals surface area contributed by atoms with Crippen LogP contribution in [0.25, 0.3) is 16.1 Å². The molecule has 0 bridgehead atoms. The van der Waals surface area contributed by atoms with Crippen molar-refractivity contribution in [2.24, 2.45) is 0 Å². The molecule has 0 amide bonds. The third-order valence-corrected chi connectivity index (χ3v) is 3.44. The third kappa shape index (κ3) is 1.86. The first kappa shape index (κ1) is 10.9. The highest BCUT2D eigenvalue weighted by molar-refractivity contribution is 7.13. The quantitative estimate of drug-likeness (QED) is 0.782. The number of hydrogen-bond acceptors (Lipinski definition) is 4. The first-order chi connectivity index (χ1) is 8.74. The second kappa shape index (κ2) is 4.23. The van der Waals surface area contributed by atoms with E-state index in [0.717, 1.165) is 16.1 Å². The van der Waals surface area contributed by atoms with E-state index in [1.807, 2.05) is 17.5 Å². The SMILES string of the molecule is O=C(O)Cc1cn2cncc(-c3cccs3)c2n1. The predicted molar refractivity (Wildman–Crippen MR) is 67.6 cm³/mol. The molecule has 0 aliphatic rings. The molecule has 18 heavy (non-hydrogen) atoms. The van der Waals surface area contributed by atoms with Gasteiger partial charge in [-0.3, -0.25) is 9.20 Å². The topological polar surface area (TPSA) is 67.5 Å². The smallest absolute Gasteiger partial charge is 0.309 e. The Kier molecular flexibility index (Phi) is 2.56. The zero-order chi connectivity index (χ0) is 12.5. The van der Waals surface area contributed by atoms with Gasteiger partial charge in [0.2, 0.25) is 0 Å². The van der Waals surface area contributed by atoms with E-state index in [-0.39, 0.29) is 6.42 Å². The van der Waals surface area contributed by atoms with E-state index in [4.69, 9.17) is 5.11 Å². The zero-order valence-corrected chi connectivity index (χ0v) is 10.1. The molecule has 0 aromatic carbocycles. The van der Waals surface area contributed by atoms with Crippen molar-refractivity contribution in [2.45, 2.75) is 6.42 Å². The summed E-state index contributed by atoms with van der Waals surface area (Å²) in [6, 6.07) is 3.96. The lowest BCUT2D eigenvalue weighted by Gasteiger charge is -1.98. The highest BCUT2D eigenvalue weighted by Crippen LogP contribution is 2.27. The first-order valence-corrected chi connectivity index (χ1v) is 6.19. The number of imidazole rings is 1. The fraction of sp³-hybridized carbons (Fsp3) is 0.0833. The van der Waals surface area contributed by atoms with Gasteiger partial charge < -0.3 is 5.11 Å². The Morgan fingerprint density at radius 1 is 1.50 bits per heavy atom. The van der Waals surface area contributed by atoms with Crippen molar-refractivity contribution in [1.29, 1.82) is 0 Å². The van der Waals surface area contributed by atoms with Crippen LogP contribution in [0.4, 0.5) is 0 Å². The maximum Gasteiger partial charge on any atom is 0.309 e. The van der Waals surface area contributed by atoms with Gasteiger partial charge in [-0.2, -0.15) is 0 Å². The lowest BCUT2D eigenvalue weighted by atomic mass is 10.3. The highest BCUT2D eigenvalue weighted by atomic mass is 32.1. The van der Waals surface area contributed by atoms with E-state index >= 15 is 0 Å². The van der Waals surface area contributed by atoms with Crippen molar-refractivity contribution in [3.8, 4) is 10.4 Å². The number of nitrogens with zero attached hydrogens (tertiary/aromatic N) is 3. The molecule has 0 unspecified atom stereocenters. The summed E-state index contributed by atoms with van der Waals surface area (Å²) < 4.78 is 1.76. The standard InChI is InChI=1S/C12H9N3O2S/c16-11(17)4-8-6-15-7-13-5-9(12(15)14-8)10-2-1-3-18-10/h1-3,5-7H,4H2,(H,16,17). The fourth-order valence-corrected chi connectivity index (χ4v) is 2.55. The number of fused-ring (bicyclic) bond motifs is 1. The van der Waals surface area contributed by atoms with Crippen LogP contribution in [0.1, 0.15) is 5.69 Å². The van der Waals surface area contributed by atoms with Crippen molar-refractivity contribution >= 4 is 23.0 Å². The van der Waals surface area contributed by atoms with Crippen LogP contribution in [-0.4, -0.2) is 25.4 Å². The molecule has 5 nitrogen and oxygen atoms in total. The van der Waals surface area contributed by atoms with Crippen molar-refractivity contribution < 1.29 is 9.90 Å². The fourth-order valence-electron chi connectivity index (χ4n) is 1.81. The van der Waals surface area contributed by atoms with Crippen LogP contribution in [0.5, 0.6) is 0 Å². The third-order valence-electron chi connectivity index (χ3n) is 2.54. The van der Waals surface area contributed by atoms with Gasteiger partial charge >= 0.3 is 5.97 Å². The summed E-state index contributed by atoms with van der Waals surface area (Å²) in [5.74, 6) is -0.885. The molecule has 0 fully saturated rings. The molecule has 6 heteroatoms. The number of rotatable bonds is 3. The van der Waals surface area contributed by atoms with E-state index < -0.39 is 5.97 Å². The van der Waals surface area contributed by atoms with Gasteiger partial charge in [0.05, 0.1) is 17.7 Å². The monoisotopic (exact) mass is 259 g/mol. The van der Waals surface area contributed by atoms with Gasteiger partial charge in [0, 0.05) is 17.3 Å². The Labute approximate surface area is 106 Å². The van der Waals surface area contributed by atoms with Crippen molar-refractivity contribution in [1.82, 2.24) is 14.4 Å². The van der Waals surface area contributed by atoms with E-state index in [0.29, 0.717) is 5.69 Å². The van der Waals surface area contributed by atoms with Gasteiger partial charge in [0.25, 0.3) is 0 Å². The molecular formula is C12H9N3O2S. The second-order valence-electron chi connectivity index (χ2n) is 3.82. The van der Waals surface area contributed by atoms with Gasteiger partial charge in [0.15, 0.2) is 0 Å². The highest BCUT2D eigenvalue weighted by Gasteiger charge is 2.11. The molecule has 0 atom stereocenters. The van der Waals surface area contributed by atoms with E-state index in [1.54, 1.807) is 34.5 Å². The van der Waals surface area contributed by atoms with Crippen molar-refractivity contribution in [3.63, 3.8) is 0 Å². The number of hydrogen-bond donors (Lipinski definition) is 1. The number of carbonyl (C=O) groups is 1. The Balaban J connectivity index is 2.16. The van der Waals surface area contributed by atoms with Gasteiger partial charge in [-0.15, -0.1) is 11.3 Å². The molecule has 0 spiro atoms. The summed E-state index contributed by atoms with van der Waals surface area (Å²) in [6.45, 7) is 0. The maximum atomic E-state index is 10.7. The molecular weight excluding hydrogens is 250 g/mol. The molecule has 3 rings (SSSR count). The van der Waals surface area contributed by atoms with E-state index in [9.17, 15) is 4.79 Å². The van der Waals surface area contributed by atoms with Crippen LogP contribution in [-0.2, 0) is 11.2 Å². The summed E-state index contributed by atoms with van der Waals surface area (Å²) in [5, 5.41) is 10.8. The van der Waals surface area contributed by atoms with Crippen molar-refractivity contribution in [2.75, 3.05) is 0 Å². The van der Waals surface area contributed by atoms with Gasteiger partial charge in [-0.05, 0) is 11.4 Å². The summed E-state index contributed by atoms with van der Waals surface area (Å²) in [7, 11) is 0. The molecule has 0 saturated carbocycles. The van der Waals surface area contributed by atoms with E-state index in [1.165, 1.54) is 0 Å². The second-order valence-corrected chi connectivity index (χ2v) is 4.77. The Hall–Kier alpha value is -2.21. The Morgan fingerprint density at radius 3 is 3.11 bits per heavy atom. The van der Waals surface area contributed by atoms with Crippen LogP contribution >= 0.6 is 11.3 Å². The first-order valence-electron chi connectivity index (χ1n) is 5.31. The summed E-state index contributed by atoms with van der Waals surface area (Å²) in [6.07, 6.45) is 5.00. The normalized spacial score (nSPS) is 10.9. The average Bonchev–Trinajstić information content (AvgIpc) is 2.94.